The first-order chi connectivity index (χ1) is 19.0. The standard InChI is InChI=1S/C30H34N2O6S/c1-5-15-36-23-13-9-7-11-21(23)19-25-28(33)32-27(22-12-8-10-14-24(22)37-16-6-2)26(20(3)31-30(32)39-25)29(34)38-18-17-35-4/h7-14,19,27H,5-6,15-18H2,1-4H3/b25-19+/t27-/m0/s1. The molecule has 1 aliphatic heterocycles. The molecule has 0 radical (unpaired) electrons. The Balaban J connectivity index is 1.90. The number of fused-ring (bicyclic) bond motifs is 1. The Labute approximate surface area is 231 Å². The summed E-state index contributed by atoms with van der Waals surface area (Å²) in [7, 11) is 1.54. The van der Waals surface area contributed by atoms with Gasteiger partial charge in [-0.15, -0.1) is 0 Å². The average Bonchev–Trinajstić information content (AvgIpc) is 3.24. The zero-order valence-corrected chi connectivity index (χ0v) is 23.6. The van der Waals surface area contributed by atoms with Crippen LogP contribution in [0.1, 0.15) is 50.8 Å². The minimum Gasteiger partial charge on any atom is -0.493 e. The van der Waals surface area contributed by atoms with Gasteiger partial charge in [-0.3, -0.25) is 9.36 Å². The highest BCUT2D eigenvalue weighted by molar-refractivity contribution is 7.07. The molecule has 0 unspecified atom stereocenters. The molecule has 1 aromatic heterocycles. The number of benzene rings is 2. The minimum atomic E-state index is -0.766. The Kier molecular flexibility index (Phi) is 9.73. The van der Waals surface area contributed by atoms with E-state index < -0.39 is 12.0 Å². The largest absolute Gasteiger partial charge is 0.493 e. The Morgan fingerprint density at radius 1 is 0.974 bits per heavy atom. The second-order valence-electron chi connectivity index (χ2n) is 8.98. The molecule has 0 bridgehead atoms. The lowest BCUT2D eigenvalue weighted by molar-refractivity contribution is -0.140. The van der Waals surface area contributed by atoms with Crippen LogP contribution in [-0.2, 0) is 14.3 Å². The van der Waals surface area contributed by atoms with Crippen LogP contribution < -0.4 is 24.4 Å². The van der Waals surface area contributed by atoms with Crippen molar-refractivity contribution in [2.24, 2.45) is 4.99 Å². The number of nitrogens with zero attached hydrogens (tertiary/aromatic N) is 2. The first kappa shape index (κ1) is 28.3. The molecule has 0 aliphatic carbocycles. The second-order valence-corrected chi connectivity index (χ2v) is 9.99. The van der Waals surface area contributed by atoms with E-state index >= 15 is 0 Å². The van der Waals surface area contributed by atoms with Crippen molar-refractivity contribution in [2.45, 2.75) is 39.7 Å². The number of carbonyl (C=O) groups excluding carboxylic acids is 1. The smallest absolute Gasteiger partial charge is 0.338 e. The van der Waals surface area contributed by atoms with E-state index in [1.54, 1.807) is 18.6 Å². The van der Waals surface area contributed by atoms with Gasteiger partial charge in [-0.2, -0.15) is 0 Å². The lowest BCUT2D eigenvalue weighted by atomic mass is 9.95. The second kappa shape index (κ2) is 13.4. The third-order valence-electron chi connectivity index (χ3n) is 6.10. The highest BCUT2D eigenvalue weighted by Crippen LogP contribution is 2.36. The van der Waals surface area contributed by atoms with Crippen LogP contribution in [0.4, 0.5) is 0 Å². The van der Waals surface area contributed by atoms with E-state index in [4.69, 9.17) is 18.9 Å². The first-order valence-corrected chi connectivity index (χ1v) is 13.9. The van der Waals surface area contributed by atoms with Crippen LogP contribution in [-0.4, -0.2) is 44.1 Å². The SMILES string of the molecule is CCCOc1ccccc1/C=c1/sc2n(c1=O)[C@@H](c1ccccc1OCCC)C(C(=O)OCCOC)=C(C)N=2. The predicted molar refractivity (Wildman–Crippen MR) is 151 cm³/mol. The van der Waals surface area contributed by atoms with Crippen molar-refractivity contribution in [1.82, 2.24) is 4.57 Å². The zero-order chi connectivity index (χ0) is 27.8. The van der Waals surface area contributed by atoms with Crippen LogP contribution in [0.15, 0.2) is 69.6 Å². The van der Waals surface area contributed by atoms with Crippen LogP contribution in [0.5, 0.6) is 11.5 Å². The molecule has 0 spiro atoms. The fourth-order valence-electron chi connectivity index (χ4n) is 4.31. The number of hydrogen-bond acceptors (Lipinski definition) is 8. The van der Waals surface area contributed by atoms with Crippen molar-refractivity contribution in [3.63, 3.8) is 0 Å². The summed E-state index contributed by atoms with van der Waals surface area (Å²) >= 11 is 1.28. The first-order valence-electron chi connectivity index (χ1n) is 13.1. The van der Waals surface area contributed by atoms with E-state index in [1.807, 2.05) is 68.5 Å². The van der Waals surface area contributed by atoms with Crippen molar-refractivity contribution >= 4 is 23.4 Å². The monoisotopic (exact) mass is 550 g/mol. The molecule has 0 saturated heterocycles. The summed E-state index contributed by atoms with van der Waals surface area (Å²) in [5.74, 6) is 0.768. The van der Waals surface area contributed by atoms with Gasteiger partial charge in [-0.1, -0.05) is 61.6 Å². The van der Waals surface area contributed by atoms with Gasteiger partial charge in [0.1, 0.15) is 24.1 Å². The molecule has 0 fully saturated rings. The molecule has 39 heavy (non-hydrogen) atoms. The summed E-state index contributed by atoms with van der Waals surface area (Å²) in [5.41, 5.74) is 2.03. The molecule has 0 amide bonds. The fraction of sp³-hybridized carbons (Fsp3) is 0.367. The van der Waals surface area contributed by atoms with Crippen molar-refractivity contribution in [3.05, 3.63) is 90.6 Å². The number of rotatable bonds is 12. The Morgan fingerprint density at radius 3 is 2.36 bits per heavy atom. The van der Waals surface area contributed by atoms with Crippen LogP contribution in [0.2, 0.25) is 0 Å². The topological polar surface area (TPSA) is 88.4 Å². The molecule has 8 nitrogen and oxygen atoms in total. The number of para-hydroxylation sites is 2. The zero-order valence-electron chi connectivity index (χ0n) is 22.8. The Bertz CT molecular complexity index is 1520. The number of ether oxygens (including phenoxy) is 4. The van der Waals surface area contributed by atoms with Crippen LogP contribution >= 0.6 is 11.3 Å². The van der Waals surface area contributed by atoms with Crippen molar-refractivity contribution < 1.29 is 23.7 Å². The van der Waals surface area contributed by atoms with Gasteiger partial charge in [0.25, 0.3) is 5.56 Å². The Morgan fingerprint density at radius 2 is 1.64 bits per heavy atom. The van der Waals surface area contributed by atoms with Gasteiger partial charge >= 0.3 is 5.97 Å². The molecule has 2 heterocycles. The quantitative estimate of drug-likeness (QED) is 0.250. The lowest BCUT2D eigenvalue weighted by Gasteiger charge is -2.26. The molecule has 3 aromatic rings. The summed E-state index contributed by atoms with van der Waals surface area (Å²) in [6.07, 6.45) is 3.51. The third kappa shape index (κ3) is 6.32. The maximum Gasteiger partial charge on any atom is 0.338 e. The summed E-state index contributed by atoms with van der Waals surface area (Å²) in [4.78, 5) is 32.6. The van der Waals surface area contributed by atoms with Gasteiger partial charge in [0.05, 0.1) is 35.6 Å². The highest BCUT2D eigenvalue weighted by atomic mass is 32.1. The van der Waals surface area contributed by atoms with Crippen LogP contribution in [0.25, 0.3) is 6.08 Å². The molecule has 9 heteroatoms. The molecule has 2 aromatic carbocycles. The van der Waals surface area contributed by atoms with Gasteiger partial charge in [0.15, 0.2) is 4.80 Å². The number of aromatic nitrogens is 1. The van der Waals surface area contributed by atoms with Crippen molar-refractivity contribution in [1.29, 1.82) is 0 Å². The molecular formula is C30H34N2O6S. The number of carbonyl (C=O) groups is 1. The number of hydrogen-bond donors (Lipinski definition) is 0. The van der Waals surface area contributed by atoms with Gasteiger partial charge in [-0.05, 0) is 38.0 Å². The number of methoxy groups -OCH3 is 1. The minimum absolute atomic E-state index is 0.0891. The van der Waals surface area contributed by atoms with E-state index in [0.717, 1.165) is 18.4 Å². The van der Waals surface area contributed by atoms with Gasteiger partial charge in [-0.25, -0.2) is 9.79 Å². The average molecular weight is 551 g/mol. The van der Waals surface area contributed by atoms with E-state index in [0.29, 0.717) is 50.9 Å². The van der Waals surface area contributed by atoms with E-state index in [2.05, 4.69) is 4.99 Å². The highest BCUT2D eigenvalue weighted by Gasteiger charge is 2.35. The summed E-state index contributed by atoms with van der Waals surface area (Å²) in [6, 6.07) is 14.3. The van der Waals surface area contributed by atoms with E-state index in [9.17, 15) is 9.59 Å². The number of allylic oxidation sites excluding steroid dienone is 1. The molecule has 0 saturated carbocycles. The van der Waals surface area contributed by atoms with Gasteiger partial charge in [0, 0.05) is 18.2 Å². The third-order valence-corrected chi connectivity index (χ3v) is 7.09. The predicted octanol–water partition coefficient (Wildman–Crippen LogP) is 4.00. The summed E-state index contributed by atoms with van der Waals surface area (Å²) in [6.45, 7) is 7.27. The van der Waals surface area contributed by atoms with Gasteiger partial charge in [0.2, 0.25) is 0 Å². The summed E-state index contributed by atoms with van der Waals surface area (Å²) < 4.78 is 24.6. The lowest BCUT2D eigenvalue weighted by Crippen LogP contribution is -2.40. The molecule has 1 atom stereocenters. The van der Waals surface area contributed by atoms with Crippen LogP contribution in [0.3, 0.4) is 0 Å². The number of esters is 1. The fourth-order valence-corrected chi connectivity index (χ4v) is 5.34. The van der Waals surface area contributed by atoms with E-state index in [1.165, 1.54) is 11.3 Å². The van der Waals surface area contributed by atoms with Crippen molar-refractivity contribution in [2.75, 3.05) is 33.5 Å². The molecule has 206 valence electrons. The van der Waals surface area contributed by atoms with Gasteiger partial charge < -0.3 is 18.9 Å². The van der Waals surface area contributed by atoms with Crippen molar-refractivity contribution in [3.8, 4) is 11.5 Å². The molecule has 1 aliphatic rings. The van der Waals surface area contributed by atoms with E-state index in [-0.39, 0.29) is 18.8 Å². The molecule has 4 rings (SSSR count). The number of thiazole rings is 1. The normalized spacial score (nSPS) is 15.1. The summed E-state index contributed by atoms with van der Waals surface area (Å²) in [5, 5.41) is 0. The maximum atomic E-state index is 14.0. The molecular weight excluding hydrogens is 516 g/mol. The Hall–Kier alpha value is -3.69. The van der Waals surface area contributed by atoms with Crippen LogP contribution in [0, 0.1) is 0 Å². The molecule has 0 N–H and O–H groups in total. The maximum absolute atomic E-state index is 14.0.